The van der Waals surface area contributed by atoms with Crippen LogP contribution < -0.4 is 16.4 Å². The lowest BCUT2D eigenvalue weighted by molar-refractivity contribution is -0.114. The van der Waals surface area contributed by atoms with E-state index < -0.39 is 5.91 Å². The maximum Gasteiger partial charge on any atom is 0.254 e. The Kier molecular flexibility index (Phi) is 6.23. The summed E-state index contributed by atoms with van der Waals surface area (Å²) in [5.41, 5.74) is 7.27. The fraction of sp³-hybridized carbons (Fsp3) is 0.250. The monoisotopic (exact) mass is 382 g/mol. The van der Waals surface area contributed by atoms with Crippen LogP contribution in [0.25, 0.3) is 0 Å². The first-order valence-electron chi connectivity index (χ1n) is 8.93. The molecule has 0 radical (unpaired) electrons. The molecule has 3 rings (SSSR count). The molecule has 1 aliphatic rings. The van der Waals surface area contributed by atoms with Crippen molar-refractivity contribution in [2.24, 2.45) is 5.73 Å². The highest BCUT2D eigenvalue weighted by Crippen LogP contribution is 2.14. The fourth-order valence-electron chi connectivity index (χ4n) is 2.85. The van der Waals surface area contributed by atoms with Gasteiger partial charge in [0.05, 0.1) is 19.8 Å². The van der Waals surface area contributed by atoms with Crippen LogP contribution in [0.4, 0.5) is 11.4 Å². The second-order valence-corrected chi connectivity index (χ2v) is 6.33. The number of amides is 3. The highest BCUT2D eigenvalue weighted by molar-refractivity contribution is 5.98. The van der Waals surface area contributed by atoms with Gasteiger partial charge in [-0.2, -0.15) is 0 Å². The molecular formula is C20H22N4O4. The van der Waals surface area contributed by atoms with Gasteiger partial charge in [0.15, 0.2) is 0 Å². The summed E-state index contributed by atoms with van der Waals surface area (Å²) in [6, 6.07) is 13.4. The molecule has 8 heteroatoms. The van der Waals surface area contributed by atoms with E-state index in [0.29, 0.717) is 48.8 Å². The highest BCUT2D eigenvalue weighted by atomic mass is 16.5. The first-order chi connectivity index (χ1) is 13.5. The van der Waals surface area contributed by atoms with Crippen molar-refractivity contribution in [3.8, 4) is 0 Å². The van der Waals surface area contributed by atoms with Crippen molar-refractivity contribution in [1.29, 1.82) is 0 Å². The van der Waals surface area contributed by atoms with Crippen molar-refractivity contribution >= 4 is 29.1 Å². The Labute approximate surface area is 162 Å². The van der Waals surface area contributed by atoms with Crippen LogP contribution in [0, 0.1) is 0 Å². The van der Waals surface area contributed by atoms with E-state index in [9.17, 15) is 14.4 Å². The third-order valence-corrected chi connectivity index (χ3v) is 4.29. The maximum atomic E-state index is 12.5. The van der Waals surface area contributed by atoms with E-state index in [1.165, 1.54) is 6.07 Å². The van der Waals surface area contributed by atoms with Gasteiger partial charge >= 0.3 is 0 Å². The quantitative estimate of drug-likeness (QED) is 0.697. The molecule has 146 valence electrons. The number of benzene rings is 2. The molecule has 2 aromatic rings. The Bertz CT molecular complexity index is 878. The number of nitrogens with zero attached hydrogens (tertiary/aromatic N) is 1. The van der Waals surface area contributed by atoms with E-state index in [2.05, 4.69) is 10.6 Å². The molecular weight excluding hydrogens is 360 g/mol. The summed E-state index contributed by atoms with van der Waals surface area (Å²) >= 11 is 0. The van der Waals surface area contributed by atoms with Gasteiger partial charge in [-0.3, -0.25) is 14.4 Å². The van der Waals surface area contributed by atoms with Gasteiger partial charge in [0.1, 0.15) is 0 Å². The number of hydrogen-bond acceptors (Lipinski definition) is 5. The van der Waals surface area contributed by atoms with Crippen LogP contribution in [0.5, 0.6) is 0 Å². The Hall–Kier alpha value is -3.39. The molecule has 0 spiro atoms. The molecule has 0 atom stereocenters. The second kappa shape index (κ2) is 9.01. The SMILES string of the molecule is NC(=O)c1cccc(NC(=O)CNc2cccc(C(=O)N3CCOCC3)c2)c1. The summed E-state index contributed by atoms with van der Waals surface area (Å²) < 4.78 is 5.27. The van der Waals surface area contributed by atoms with Crippen LogP contribution in [0.15, 0.2) is 48.5 Å². The summed E-state index contributed by atoms with van der Waals surface area (Å²) in [6.45, 7) is 2.24. The summed E-state index contributed by atoms with van der Waals surface area (Å²) in [4.78, 5) is 37.7. The number of rotatable bonds is 6. The molecule has 0 saturated carbocycles. The zero-order valence-corrected chi connectivity index (χ0v) is 15.3. The van der Waals surface area contributed by atoms with Gasteiger partial charge in [-0.05, 0) is 36.4 Å². The average molecular weight is 382 g/mol. The molecule has 3 amide bonds. The summed E-state index contributed by atoms with van der Waals surface area (Å²) in [7, 11) is 0. The van der Waals surface area contributed by atoms with Gasteiger partial charge in [-0.25, -0.2) is 0 Å². The van der Waals surface area contributed by atoms with E-state index in [0.717, 1.165) is 0 Å². The lowest BCUT2D eigenvalue weighted by Crippen LogP contribution is -2.40. The Morgan fingerprint density at radius 2 is 1.61 bits per heavy atom. The van der Waals surface area contributed by atoms with Crippen molar-refractivity contribution < 1.29 is 19.1 Å². The zero-order chi connectivity index (χ0) is 19.9. The fourth-order valence-corrected chi connectivity index (χ4v) is 2.85. The summed E-state index contributed by atoms with van der Waals surface area (Å²) in [6.07, 6.45) is 0. The van der Waals surface area contributed by atoms with Gasteiger partial charge in [-0.15, -0.1) is 0 Å². The van der Waals surface area contributed by atoms with Gasteiger partial charge in [-0.1, -0.05) is 12.1 Å². The predicted octanol–water partition coefficient (Wildman–Crippen LogP) is 1.31. The molecule has 1 heterocycles. The molecule has 0 aliphatic carbocycles. The Balaban J connectivity index is 1.57. The van der Waals surface area contributed by atoms with E-state index >= 15 is 0 Å². The number of morpholine rings is 1. The van der Waals surface area contributed by atoms with E-state index in [4.69, 9.17) is 10.5 Å². The largest absolute Gasteiger partial charge is 0.378 e. The average Bonchev–Trinajstić information content (AvgIpc) is 2.73. The first-order valence-corrected chi connectivity index (χ1v) is 8.93. The maximum absolute atomic E-state index is 12.5. The molecule has 0 bridgehead atoms. The number of hydrogen-bond donors (Lipinski definition) is 3. The van der Waals surface area contributed by atoms with Crippen LogP contribution in [0.1, 0.15) is 20.7 Å². The van der Waals surface area contributed by atoms with Crippen molar-refractivity contribution in [3.63, 3.8) is 0 Å². The van der Waals surface area contributed by atoms with Crippen LogP contribution in [-0.2, 0) is 9.53 Å². The third-order valence-electron chi connectivity index (χ3n) is 4.29. The van der Waals surface area contributed by atoms with Crippen LogP contribution in [0.3, 0.4) is 0 Å². The number of nitrogens with one attached hydrogen (secondary N) is 2. The third kappa shape index (κ3) is 5.08. The number of ether oxygens (including phenoxy) is 1. The van der Waals surface area contributed by atoms with Crippen LogP contribution in [-0.4, -0.2) is 55.5 Å². The standard InChI is InChI=1S/C20H22N4O4/c21-19(26)14-3-1-6-17(11-14)23-18(25)13-22-16-5-2-4-15(12-16)20(27)24-7-9-28-10-8-24/h1-6,11-12,22H,7-10,13H2,(H2,21,26)(H,23,25). The number of anilines is 2. The van der Waals surface area contributed by atoms with E-state index in [-0.39, 0.29) is 18.4 Å². The first kappa shape index (κ1) is 19.4. The molecule has 4 N–H and O–H groups in total. The smallest absolute Gasteiger partial charge is 0.254 e. The molecule has 1 saturated heterocycles. The highest BCUT2D eigenvalue weighted by Gasteiger charge is 2.18. The van der Waals surface area contributed by atoms with Crippen molar-refractivity contribution in [1.82, 2.24) is 4.90 Å². The topological polar surface area (TPSA) is 114 Å². The molecule has 28 heavy (non-hydrogen) atoms. The van der Waals surface area contributed by atoms with Gasteiger partial charge in [0.25, 0.3) is 5.91 Å². The van der Waals surface area contributed by atoms with Crippen molar-refractivity contribution in [3.05, 3.63) is 59.7 Å². The second-order valence-electron chi connectivity index (χ2n) is 6.33. The molecule has 1 aliphatic heterocycles. The van der Waals surface area contributed by atoms with Crippen LogP contribution >= 0.6 is 0 Å². The zero-order valence-electron chi connectivity index (χ0n) is 15.3. The minimum atomic E-state index is -0.559. The molecule has 2 aromatic carbocycles. The van der Waals surface area contributed by atoms with E-state index in [1.54, 1.807) is 47.4 Å². The van der Waals surface area contributed by atoms with E-state index in [1.807, 2.05) is 0 Å². The summed E-state index contributed by atoms with van der Waals surface area (Å²) in [5, 5.41) is 5.70. The number of carbonyl (C=O) groups is 3. The van der Waals surface area contributed by atoms with Gasteiger partial charge in [0, 0.05) is 35.6 Å². The van der Waals surface area contributed by atoms with Crippen molar-refractivity contribution in [2.75, 3.05) is 43.5 Å². The lowest BCUT2D eigenvalue weighted by atomic mass is 10.1. The Morgan fingerprint density at radius 1 is 0.964 bits per heavy atom. The molecule has 0 unspecified atom stereocenters. The van der Waals surface area contributed by atoms with Crippen molar-refractivity contribution in [2.45, 2.75) is 0 Å². The molecule has 8 nitrogen and oxygen atoms in total. The Morgan fingerprint density at radius 3 is 2.32 bits per heavy atom. The van der Waals surface area contributed by atoms with Gasteiger partial charge in [0.2, 0.25) is 11.8 Å². The molecule has 1 fully saturated rings. The van der Waals surface area contributed by atoms with Gasteiger partial charge < -0.3 is 26.0 Å². The normalized spacial score (nSPS) is 13.6. The molecule has 0 aromatic heterocycles. The summed E-state index contributed by atoms with van der Waals surface area (Å²) in [5.74, 6) is -0.901. The number of nitrogens with two attached hydrogens (primary N) is 1. The number of carbonyl (C=O) groups excluding carboxylic acids is 3. The number of primary amides is 1. The van der Waals surface area contributed by atoms with Crippen LogP contribution in [0.2, 0.25) is 0 Å². The minimum absolute atomic E-state index is 0.00992. The predicted molar refractivity (Wildman–Crippen MR) is 105 cm³/mol. The minimum Gasteiger partial charge on any atom is -0.378 e. The lowest BCUT2D eigenvalue weighted by Gasteiger charge is -2.27.